The summed E-state index contributed by atoms with van der Waals surface area (Å²) in [5, 5.41) is 10.4. The molecule has 2 heterocycles. The molecule has 0 unspecified atom stereocenters. The van der Waals surface area contributed by atoms with Crippen molar-refractivity contribution in [1.29, 1.82) is 0 Å². The molecule has 1 fully saturated rings. The average Bonchev–Trinajstić information content (AvgIpc) is 3.29. The summed E-state index contributed by atoms with van der Waals surface area (Å²) in [7, 11) is 0. The number of amides is 2. The standard InChI is InChI=1S/C21H12BrFN2O5/c22-11-1-7-15(16(9-11)21(28)29)18-8-6-14(30-18)10-17-19(26)24-25(20(17)27)13-4-2-12(23)3-5-13/h1-10H,(H,24,26)(H,28,29). The largest absolute Gasteiger partial charge is 0.478 e. The lowest BCUT2D eigenvalue weighted by Gasteiger charge is -2.14. The molecule has 1 aromatic heterocycles. The highest BCUT2D eigenvalue weighted by molar-refractivity contribution is 9.10. The van der Waals surface area contributed by atoms with Gasteiger partial charge in [-0.3, -0.25) is 15.0 Å². The van der Waals surface area contributed by atoms with E-state index in [-0.39, 0.29) is 22.7 Å². The minimum absolute atomic E-state index is 0.0371. The highest BCUT2D eigenvalue weighted by atomic mass is 79.9. The number of anilines is 1. The Morgan fingerprint density at radius 3 is 2.53 bits per heavy atom. The molecule has 7 nitrogen and oxygen atoms in total. The Morgan fingerprint density at radius 2 is 1.83 bits per heavy atom. The first-order valence-corrected chi connectivity index (χ1v) is 9.38. The fourth-order valence-corrected chi connectivity index (χ4v) is 3.32. The van der Waals surface area contributed by atoms with Crippen molar-refractivity contribution in [3.05, 3.63) is 81.8 Å². The molecule has 2 aromatic carbocycles. The second kappa shape index (κ2) is 7.60. The number of aromatic carboxylic acids is 1. The molecule has 1 aliphatic rings. The van der Waals surface area contributed by atoms with Crippen molar-refractivity contribution in [1.82, 2.24) is 5.43 Å². The van der Waals surface area contributed by atoms with E-state index in [0.717, 1.165) is 5.01 Å². The number of hydrogen-bond acceptors (Lipinski definition) is 4. The van der Waals surface area contributed by atoms with Crippen molar-refractivity contribution in [3.8, 4) is 11.3 Å². The molecule has 150 valence electrons. The Bertz CT molecular complexity index is 1220. The Labute approximate surface area is 177 Å². The van der Waals surface area contributed by atoms with E-state index in [1.54, 1.807) is 18.2 Å². The van der Waals surface area contributed by atoms with Crippen LogP contribution in [0.3, 0.4) is 0 Å². The predicted molar refractivity (Wildman–Crippen MR) is 109 cm³/mol. The summed E-state index contributed by atoms with van der Waals surface area (Å²) in [6, 6.07) is 12.9. The van der Waals surface area contributed by atoms with Gasteiger partial charge in [0.15, 0.2) is 0 Å². The summed E-state index contributed by atoms with van der Waals surface area (Å²) < 4.78 is 19.4. The minimum atomic E-state index is -1.12. The Balaban J connectivity index is 1.65. The van der Waals surface area contributed by atoms with Gasteiger partial charge in [0.1, 0.15) is 22.9 Å². The van der Waals surface area contributed by atoms with Gasteiger partial charge in [-0.1, -0.05) is 15.9 Å². The second-order valence-corrected chi connectivity index (χ2v) is 7.23. The normalized spacial score (nSPS) is 15.0. The lowest BCUT2D eigenvalue weighted by Crippen LogP contribution is -2.35. The van der Waals surface area contributed by atoms with Crippen LogP contribution < -0.4 is 10.4 Å². The summed E-state index contributed by atoms with van der Waals surface area (Å²) in [6.45, 7) is 0. The fourth-order valence-electron chi connectivity index (χ4n) is 2.96. The Kier molecular flexibility index (Phi) is 4.96. The molecule has 4 rings (SSSR count). The summed E-state index contributed by atoms with van der Waals surface area (Å²) in [5.41, 5.74) is 2.93. The van der Waals surface area contributed by atoms with Crippen LogP contribution in [0, 0.1) is 5.82 Å². The van der Waals surface area contributed by atoms with Gasteiger partial charge in [0.05, 0.1) is 11.3 Å². The van der Waals surface area contributed by atoms with E-state index in [4.69, 9.17) is 4.42 Å². The predicted octanol–water partition coefficient (Wildman–Crippen LogP) is 4.01. The van der Waals surface area contributed by atoms with Gasteiger partial charge < -0.3 is 9.52 Å². The van der Waals surface area contributed by atoms with E-state index in [2.05, 4.69) is 21.4 Å². The smallest absolute Gasteiger partial charge is 0.336 e. The van der Waals surface area contributed by atoms with Crippen LogP contribution in [0.15, 0.2) is 69.1 Å². The quantitative estimate of drug-likeness (QED) is 0.443. The molecular formula is C21H12BrFN2O5. The first kappa shape index (κ1) is 19.6. The third-order valence-corrected chi connectivity index (χ3v) is 4.86. The van der Waals surface area contributed by atoms with Gasteiger partial charge in [-0.05, 0) is 60.7 Å². The van der Waals surface area contributed by atoms with Crippen molar-refractivity contribution in [2.75, 3.05) is 5.01 Å². The molecular weight excluding hydrogens is 459 g/mol. The summed E-state index contributed by atoms with van der Waals surface area (Å²) in [4.78, 5) is 36.4. The molecule has 0 aliphatic carbocycles. The summed E-state index contributed by atoms with van der Waals surface area (Å²) in [5.74, 6) is -2.39. The lowest BCUT2D eigenvalue weighted by atomic mass is 10.1. The van der Waals surface area contributed by atoms with Crippen molar-refractivity contribution in [3.63, 3.8) is 0 Å². The molecule has 1 aliphatic heterocycles. The van der Waals surface area contributed by atoms with Crippen molar-refractivity contribution in [2.24, 2.45) is 0 Å². The van der Waals surface area contributed by atoms with Gasteiger partial charge in [0, 0.05) is 10.0 Å². The zero-order valence-corrected chi connectivity index (χ0v) is 16.6. The minimum Gasteiger partial charge on any atom is -0.478 e. The molecule has 2 N–H and O–H groups in total. The van der Waals surface area contributed by atoms with Crippen LogP contribution in [-0.4, -0.2) is 22.9 Å². The number of carbonyl (C=O) groups excluding carboxylic acids is 2. The van der Waals surface area contributed by atoms with Gasteiger partial charge in [-0.15, -0.1) is 0 Å². The first-order chi connectivity index (χ1) is 14.3. The van der Waals surface area contributed by atoms with Gasteiger partial charge in [-0.2, -0.15) is 0 Å². The molecule has 0 radical (unpaired) electrons. The number of benzene rings is 2. The van der Waals surface area contributed by atoms with E-state index < -0.39 is 23.6 Å². The number of carbonyl (C=O) groups is 3. The molecule has 2 amide bonds. The number of furan rings is 1. The number of carboxylic acid groups (broad SMARTS) is 1. The van der Waals surface area contributed by atoms with Gasteiger partial charge >= 0.3 is 5.97 Å². The highest BCUT2D eigenvalue weighted by Gasteiger charge is 2.34. The topological polar surface area (TPSA) is 99.9 Å². The maximum Gasteiger partial charge on any atom is 0.336 e. The molecule has 0 spiro atoms. The zero-order valence-electron chi connectivity index (χ0n) is 15.1. The maximum atomic E-state index is 13.1. The molecule has 30 heavy (non-hydrogen) atoms. The number of halogens is 2. The monoisotopic (exact) mass is 470 g/mol. The molecule has 0 saturated carbocycles. The number of hydrazine groups is 1. The van der Waals surface area contributed by atoms with Crippen molar-refractivity contribution in [2.45, 2.75) is 0 Å². The maximum absolute atomic E-state index is 13.1. The summed E-state index contributed by atoms with van der Waals surface area (Å²) in [6.07, 6.45) is 1.27. The second-order valence-electron chi connectivity index (χ2n) is 6.31. The van der Waals surface area contributed by atoms with E-state index in [0.29, 0.717) is 15.7 Å². The van der Waals surface area contributed by atoms with Crippen molar-refractivity contribution >= 4 is 45.5 Å². The van der Waals surface area contributed by atoms with Crippen LogP contribution in [0.4, 0.5) is 10.1 Å². The number of nitrogens with one attached hydrogen (secondary N) is 1. The van der Waals surface area contributed by atoms with Crippen LogP contribution in [0.25, 0.3) is 17.4 Å². The van der Waals surface area contributed by atoms with Crippen LogP contribution in [0.2, 0.25) is 0 Å². The van der Waals surface area contributed by atoms with Gasteiger partial charge in [-0.25, -0.2) is 14.2 Å². The number of rotatable bonds is 4. The van der Waals surface area contributed by atoms with E-state index in [1.807, 2.05) is 0 Å². The number of hydrogen-bond donors (Lipinski definition) is 2. The van der Waals surface area contributed by atoms with Crippen LogP contribution >= 0.6 is 15.9 Å². The third kappa shape index (κ3) is 3.62. The van der Waals surface area contributed by atoms with Gasteiger partial charge in [0.2, 0.25) is 0 Å². The van der Waals surface area contributed by atoms with E-state index in [1.165, 1.54) is 42.5 Å². The van der Waals surface area contributed by atoms with Crippen LogP contribution in [0.1, 0.15) is 16.1 Å². The van der Waals surface area contributed by atoms with E-state index in [9.17, 15) is 23.9 Å². The summed E-state index contributed by atoms with van der Waals surface area (Å²) >= 11 is 3.23. The third-order valence-electron chi connectivity index (χ3n) is 4.37. The van der Waals surface area contributed by atoms with E-state index >= 15 is 0 Å². The molecule has 9 heteroatoms. The molecule has 0 atom stereocenters. The Morgan fingerprint density at radius 1 is 1.10 bits per heavy atom. The fraction of sp³-hybridized carbons (Fsp3) is 0. The lowest BCUT2D eigenvalue weighted by molar-refractivity contribution is -0.117. The zero-order chi connectivity index (χ0) is 21.4. The highest BCUT2D eigenvalue weighted by Crippen LogP contribution is 2.30. The van der Waals surface area contributed by atoms with Gasteiger partial charge in [0.25, 0.3) is 11.8 Å². The average molecular weight is 471 g/mol. The SMILES string of the molecule is O=C1NN(c2ccc(F)cc2)C(=O)C1=Cc1ccc(-c2ccc(Br)cc2C(=O)O)o1. The number of carboxylic acids is 1. The molecule has 0 bridgehead atoms. The molecule has 3 aromatic rings. The number of nitrogens with zero attached hydrogens (tertiary/aromatic N) is 1. The van der Waals surface area contributed by atoms with Crippen LogP contribution in [0.5, 0.6) is 0 Å². The van der Waals surface area contributed by atoms with Crippen LogP contribution in [-0.2, 0) is 9.59 Å². The van der Waals surface area contributed by atoms with Crippen molar-refractivity contribution < 1.29 is 28.3 Å². The first-order valence-electron chi connectivity index (χ1n) is 8.59. The molecule has 1 saturated heterocycles. The Hall–Kier alpha value is -3.72.